The van der Waals surface area contributed by atoms with Gasteiger partial charge in [-0.15, -0.1) is 0 Å². The Hall–Kier alpha value is -0.570. The maximum atomic E-state index is 11.7. The zero-order valence-corrected chi connectivity index (χ0v) is 9.67. The lowest BCUT2D eigenvalue weighted by molar-refractivity contribution is -0.131. The predicted molar refractivity (Wildman–Crippen MR) is 60.6 cm³/mol. The van der Waals surface area contributed by atoms with Crippen LogP contribution in [0, 0.1) is 11.8 Å². The molecule has 1 saturated carbocycles. The third-order valence-corrected chi connectivity index (χ3v) is 3.67. The third-order valence-electron chi connectivity index (χ3n) is 3.67. The largest absolute Gasteiger partial charge is 0.342 e. The molecule has 3 nitrogen and oxygen atoms in total. The molecule has 0 aromatic rings. The van der Waals surface area contributed by atoms with Gasteiger partial charge in [-0.1, -0.05) is 6.92 Å². The first kappa shape index (κ1) is 10.9. The van der Waals surface area contributed by atoms with Crippen LogP contribution in [-0.4, -0.2) is 37.0 Å². The van der Waals surface area contributed by atoms with Crippen LogP contribution < -0.4 is 5.32 Å². The van der Waals surface area contributed by atoms with E-state index >= 15 is 0 Å². The monoisotopic (exact) mass is 210 g/mol. The molecule has 2 unspecified atom stereocenters. The molecule has 1 aliphatic heterocycles. The summed E-state index contributed by atoms with van der Waals surface area (Å²) in [7, 11) is 0. The number of piperidine rings is 1. The van der Waals surface area contributed by atoms with Crippen LogP contribution >= 0.6 is 0 Å². The van der Waals surface area contributed by atoms with Gasteiger partial charge in [-0.05, 0) is 44.1 Å². The van der Waals surface area contributed by atoms with E-state index in [1.807, 2.05) is 4.90 Å². The van der Waals surface area contributed by atoms with E-state index in [1.165, 1.54) is 25.7 Å². The lowest BCUT2D eigenvalue weighted by Gasteiger charge is -2.26. The Morgan fingerprint density at radius 3 is 2.60 bits per heavy atom. The van der Waals surface area contributed by atoms with Crippen LogP contribution in [0.3, 0.4) is 0 Å². The van der Waals surface area contributed by atoms with Gasteiger partial charge in [0.1, 0.15) is 0 Å². The maximum absolute atomic E-state index is 11.7. The topological polar surface area (TPSA) is 32.3 Å². The van der Waals surface area contributed by atoms with Crippen molar-refractivity contribution in [1.29, 1.82) is 0 Å². The number of carbonyl (C=O) groups is 1. The Kier molecular flexibility index (Phi) is 3.62. The van der Waals surface area contributed by atoms with Gasteiger partial charge in [0.25, 0.3) is 0 Å². The van der Waals surface area contributed by atoms with E-state index in [0.29, 0.717) is 12.5 Å². The number of likely N-dealkylation sites (tertiary alicyclic amines) is 1. The molecule has 86 valence electrons. The van der Waals surface area contributed by atoms with Crippen molar-refractivity contribution in [3.05, 3.63) is 0 Å². The fourth-order valence-electron chi connectivity index (χ4n) is 2.30. The minimum Gasteiger partial charge on any atom is -0.342 e. The smallest absolute Gasteiger partial charge is 0.236 e. The summed E-state index contributed by atoms with van der Waals surface area (Å²) in [5, 5.41) is 3.28. The van der Waals surface area contributed by atoms with Crippen LogP contribution in [0.4, 0.5) is 0 Å². The molecule has 0 bridgehead atoms. The van der Waals surface area contributed by atoms with Crippen molar-refractivity contribution in [2.75, 3.05) is 26.2 Å². The Balaban J connectivity index is 1.59. The van der Waals surface area contributed by atoms with E-state index in [0.717, 1.165) is 31.5 Å². The summed E-state index contributed by atoms with van der Waals surface area (Å²) in [6, 6.07) is 0. The number of carbonyl (C=O) groups excluding carboxylic acids is 1. The molecule has 0 aromatic heterocycles. The molecule has 0 aromatic carbocycles. The van der Waals surface area contributed by atoms with E-state index in [2.05, 4.69) is 12.2 Å². The standard InChI is InChI=1S/C12H22N2O/c1-10-7-11(10)8-13-9-12(15)14-5-3-2-4-6-14/h10-11,13H,2-9H2,1H3. The molecule has 1 saturated heterocycles. The van der Waals surface area contributed by atoms with Crippen molar-refractivity contribution in [3.63, 3.8) is 0 Å². The fourth-order valence-corrected chi connectivity index (χ4v) is 2.30. The molecule has 2 rings (SSSR count). The molecular weight excluding hydrogens is 188 g/mol. The van der Waals surface area contributed by atoms with Crippen LogP contribution in [0.2, 0.25) is 0 Å². The van der Waals surface area contributed by atoms with Gasteiger partial charge in [0, 0.05) is 13.1 Å². The van der Waals surface area contributed by atoms with Crippen LogP contribution in [0.5, 0.6) is 0 Å². The molecule has 2 fully saturated rings. The van der Waals surface area contributed by atoms with Crippen molar-refractivity contribution in [2.24, 2.45) is 11.8 Å². The minimum atomic E-state index is 0.294. The van der Waals surface area contributed by atoms with Gasteiger partial charge in [-0.25, -0.2) is 0 Å². The quantitative estimate of drug-likeness (QED) is 0.757. The summed E-state index contributed by atoms with van der Waals surface area (Å²) in [5.41, 5.74) is 0. The highest BCUT2D eigenvalue weighted by Gasteiger charge is 2.31. The van der Waals surface area contributed by atoms with Gasteiger partial charge < -0.3 is 10.2 Å². The SMILES string of the molecule is CC1CC1CNCC(=O)N1CCCCC1. The number of hydrogen-bond donors (Lipinski definition) is 1. The average molecular weight is 210 g/mol. The van der Waals surface area contributed by atoms with E-state index in [4.69, 9.17) is 0 Å². The van der Waals surface area contributed by atoms with E-state index in [9.17, 15) is 4.79 Å². The van der Waals surface area contributed by atoms with Crippen molar-refractivity contribution >= 4 is 5.91 Å². The second kappa shape index (κ2) is 4.97. The predicted octanol–water partition coefficient (Wildman–Crippen LogP) is 1.24. The summed E-state index contributed by atoms with van der Waals surface area (Å²) in [6.07, 6.45) is 5.00. The van der Waals surface area contributed by atoms with Gasteiger partial charge in [-0.3, -0.25) is 4.79 Å². The summed E-state index contributed by atoms with van der Waals surface area (Å²) in [5.74, 6) is 2.00. The Morgan fingerprint density at radius 1 is 1.33 bits per heavy atom. The van der Waals surface area contributed by atoms with Crippen molar-refractivity contribution < 1.29 is 4.79 Å². The molecule has 1 heterocycles. The zero-order chi connectivity index (χ0) is 10.7. The molecule has 1 N–H and O–H groups in total. The molecule has 1 aliphatic carbocycles. The van der Waals surface area contributed by atoms with Gasteiger partial charge in [0.2, 0.25) is 5.91 Å². The van der Waals surface area contributed by atoms with Crippen molar-refractivity contribution in [1.82, 2.24) is 10.2 Å². The molecule has 0 radical (unpaired) electrons. The normalized spacial score (nSPS) is 30.3. The molecule has 15 heavy (non-hydrogen) atoms. The molecule has 1 amide bonds. The molecular formula is C12H22N2O. The van der Waals surface area contributed by atoms with Crippen LogP contribution in [-0.2, 0) is 4.79 Å². The zero-order valence-electron chi connectivity index (χ0n) is 9.67. The van der Waals surface area contributed by atoms with Crippen molar-refractivity contribution in [2.45, 2.75) is 32.6 Å². The van der Waals surface area contributed by atoms with Gasteiger partial charge >= 0.3 is 0 Å². The van der Waals surface area contributed by atoms with Crippen molar-refractivity contribution in [3.8, 4) is 0 Å². The maximum Gasteiger partial charge on any atom is 0.236 e. The summed E-state index contributed by atoms with van der Waals surface area (Å²) < 4.78 is 0. The summed E-state index contributed by atoms with van der Waals surface area (Å²) in [6.45, 7) is 5.80. The van der Waals surface area contributed by atoms with Crippen LogP contribution in [0.15, 0.2) is 0 Å². The third kappa shape index (κ3) is 3.20. The number of rotatable bonds is 4. The lowest BCUT2D eigenvalue weighted by atomic mass is 10.1. The van der Waals surface area contributed by atoms with E-state index in [1.54, 1.807) is 0 Å². The first-order valence-electron chi connectivity index (χ1n) is 6.26. The number of nitrogens with one attached hydrogen (secondary N) is 1. The Bertz CT molecular complexity index is 224. The van der Waals surface area contributed by atoms with Crippen LogP contribution in [0.1, 0.15) is 32.6 Å². The highest BCUT2D eigenvalue weighted by atomic mass is 16.2. The van der Waals surface area contributed by atoms with Crippen LogP contribution in [0.25, 0.3) is 0 Å². The second-order valence-corrected chi connectivity index (χ2v) is 5.05. The van der Waals surface area contributed by atoms with E-state index in [-0.39, 0.29) is 0 Å². The average Bonchev–Trinajstić information content (AvgIpc) is 2.96. The number of nitrogens with zero attached hydrogens (tertiary/aromatic N) is 1. The van der Waals surface area contributed by atoms with Gasteiger partial charge in [0.05, 0.1) is 6.54 Å². The molecule has 2 atom stereocenters. The molecule has 0 spiro atoms. The van der Waals surface area contributed by atoms with Gasteiger partial charge in [-0.2, -0.15) is 0 Å². The number of amides is 1. The molecule has 2 aliphatic rings. The summed E-state index contributed by atoms with van der Waals surface area (Å²) in [4.78, 5) is 13.8. The first-order valence-corrected chi connectivity index (χ1v) is 6.26. The summed E-state index contributed by atoms with van der Waals surface area (Å²) >= 11 is 0. The minimum absolute atomic E-state index is 0.294. The first-order chi connectivity index (χ1) is 7.27. The highest BCUT2D eigenvalue weighted by molar-refractivity contribution is 5.78. The van der Waals surface area contributed by atoms with E-state index < -0.39 is 0 Å². The van der Waals surface area contributed by atoms with Gasteiger partial charge in [0.15, 0.2) is 0 Å². The molecule has 3 heteroatoms. The lowest BCUT2D eigenvalue weighted by Crippen LogP contribution is -2.41. The number of hydrogen-bond acceptors (Lipinski definition) is 2. The fraction of sp³-hybridized carbons (Fsp3) is 0.917. The Labute approximate surface area is 92.2 Å². The highest BCUT2D eigenvalue weighted by Crippen LogP contribution is 2.36. The second-order valence-electron chi connectivity index (χ2n) is 5.05. The Morgan fingerprint density at radius 2 is 2.00 bits per heavy atom.